The van der Waals surface area contributed by atoms with Gasteiger partial charge in [-0.1, -0.05) is 0 Å². The van der Waals surface area contributed by atoms with Crippen molar-refractivity contribution in [2.75, 3.05) is 20.8 Å². The number of methoxy groups -OCH3 is 2. The van der Waals surface area contributed by atoms with Crippen LogP contribution >= 0.6 is 11.3 Å². The Labute approximate surface area is 182 Å². The van der Waals surface area contributed by atoms with E-state index >= 15 is 0 Å². The Morgan fingerprint density at radius 1 is 1.03 bits per heavy atom. The number of aryl methyl sites for hydroxylation is 1. The number of Topliss-reactive ketones (excluding diaryl/α,β-unsaturated/α-hetero) is 1. The molecule has 0 fully saturated rings. The van der Waals surface area contributed by atoms with E-state index in [0.717, 1.165) is 11.3 Å². The maximum atomic E-state index is 13.0. The fraction of sp³-hybridized carbons (Fsp3) is 0.227. The Bertz CT molecular complexity index is 1080. The van der Waals surface area contributed by atoms with Crippen molar-refractivity contribution < 1.29 is 32.9 Å². The molecule has 3 rings (SSSR count). The minimum absolute atomic E-state index is 0.117. The fourth-order valence-corrected chi connectivity index (χ4v) is 3.55. The number of carbonyl (C=O) groups is 2. The van der Waals surface area contributed by atoms with E-state index in [1.807, 2.05) is 0 Å². The van der Waals surface area contributed by atoms with Gasteiger partial charge >= 0.3 is 5.97 Å². The first-order chi connectivity index (χ1) is 14.9. The number of ketones is 1. The molecule has 9 heteroatoms. The predicted molar refractivity (Wildman–Crippen MR) is 112 cm³/mol. The summed E-state index contributed by atoms with van der Waals surface area (Å²) in [6.45, 7) is 1.34. The summed E-state index contributed by atoms with van der Waals surface area (Å²) in [6, 6.07) is 10.3. The minimum Gasteiger partial charge on any atom is -0.497 e. The number of rotatable bonds is 9. The number of nitrogens with zero attached hydrogens (tertiary/aromatic N) is 1. The Balaban J connectivity index is 1.60. The van der Waals surface area contributed by atoms with Gasteiger partial charge in [-0.2, -0.15) is 0 Å². The number of thiazole rings is 1. The first-order valence-corrected chi connectivity index (χ1v) is 10.00. The van der Waals surface area contributed by atoms with Gasteiger partial charge in [0.15, 0.2) is 6.61 Å². The van der Waals surface area contributed by atoms with Crippen LogP contribution in [0.3, 0.4) is 0 Å². The van der Waals surface area contributed by atoms with E-state index in [1.54, 1.807) is 25.1 Å². The average Bonchev–Trinajstić information content (AvgIpc) is 3.16. The second kappa shape index (κ2) is 10.0. The minimum atomic E-state index is -0.649. The normalized spacial score (nSPS) is 10.5. The lowest BCUT2D eigenvalue weighted by Crippen LogP contribution is -2.15. The van der Waals surface area contributed by atoms with Crippen LogP contribution in [0.25, 0.3) is 0 Å². The summed E-state index contributed by atoms with van der Waals surface area (Å²) in [7, 11) is 2.95. The van der Waals surface area contributed by atoms with E-state index in [-0.39, 0.29) is 22.9 Å². The van der Waals surface area contributed by atoms with Crippen molar-refractivity contribution in [1.29, 1.82) is 0 Å². The molecule has 2 aromatic carbocycles. The van der Waals surface area contributed by atoms with E-state index in [1.165, 1.54) is 38.5 Å². The van der Waals surface area contributed by atoms with Gasteiger partial charge in [0.1, 0.15) is 39.6 Å². The average molecular weight is 445 g/mol. The van der Waals surface area contributed by atoms with Gasteiger partial charge in [-0.3, -0.25) is 4.79 Å². The van der Waals surface area contributed by atoms with Crippen molar-refractivity contribution in [2.45, 2.75) is 13.5 Å². The van der Waals surface area contributed by atoms with Crippen LogP contribution in [0, 0.1) is 12.7 Å². The summed E-state index contributed by atoms with van der Waals surface area (Å²) in [5, 5.41) is 0.553. The zero-order valence-electron chi connectivity index (χ0n) is 17.1. The van der Waals surface area contributed by atoms with Gasteiger partial charge in [-0.15, -0.1) is 11.3 Å². The third-order valence-electron chi connectivity index (χ3n) is 4.25. The van der Waals surface area contributed by atoms with E-state index in [4.69, 9.17) is 18.9 Å². The van der Waals surface area contributed by atoms with Gasteiger partial charge in [0.05, 0.1) is 25.5 Å². The van der Waals surface area contributed by atoms with Crippen molar-refractivity contribution in [1.82, 2.24) is 4.98 Å². The molecule has 1 aromatic heterocycles. The third kappa shape index (κ3) is 5.58. The molecule has 31 heavy (non-hydrogen) atoms. The number of hydrogen-bond donors (Lipinski definition) is 0. The van der Waals surface area contributed by atoms with Gasteiger partial charge in [-0.25, -0.2) is 14.2 Å². The van der Waals surface area contributed by atoms with Gasteiger partial charge in [0.2, 0.25) is 5.78 Å². The molecular weight excluding hydrogens is 425 g/mol. The number of carbonyl (C=O) groups excluding carboxylic acids is 2. The molecule has 0 spiro atoms. The summed E-state index contributed by atoms with van der Waals surface area (Å²) in [4.78, 5) is 29.5. The summed E-state index contributed by atoms with van der Waals surface area (Å²) >= 11 is 1.11. The molecule has 0 bridgehead atoms. The monoisotopic (exact) mass is 445 g/mol. The highest BCUT2D eigenvalue weighted by Crippen LogP contribution is 2.26. The summed E-state index contributed by atoms with van der Waals surface area (Å²) < 4.78 is 34.0. The number of hydrogen-bond acceptors (Lipinski definition) is 8. The van der Waals surface area contributed by atoms with Crippen molar-refractivity contribution in [3.8, 4) is 17.2 Å². The van der Waals surface area contributed by atoms with E-state index in [0.29, 0.717) is 28.0 Å². The highest BCUT2D eigenvalue weighted by molar-refractivity contribution is 7.13. The van der Waals surface area contributed by atoms with Crippen molar-refractivity contribution in [3.63, 3.8) is 0 Å². The number of esters is 1. The second-order valence-corrected chi connectivity index (χ2v) is 7.41. The van der Waals surface area contributed by atoms with Crippen LogP contribution in [-0.4, -0.2) is 37.6 Å². The molecule has 7 nitrogen and oxygen atoms in total. The molecule has 0 saturated heterocycles. The number of benzene rings is 2. The Morgan fingerprint density at radius 2 is 1.74 bits per heavy atom. The molecule has 1 heterocycles. The maximum Gasteiger partial charge on any atom is 0.350 e. The van der Waals surface area contributed by atoms with E-state index in [9.17, 15) is 14.0 Å². The lowest BCUT2D eigenvalue weighted by atomic mass is 10.1. The van der Waals surface area contributed by atoms with Crippen LogP contribution in [0.15, 0.2) is 42.5 Å². The van der Waals surface area contributed by atoms with Gasteiger partial charge in [-0.05, 0) is 43.3 Å². The van der Waals surface area contributed by atoms with Crippen molar-refractivity contribution in [3.05, 3.63) is 69.4 Å². The van der Waals surface area contributed by atoms with E-state index < -0.39 is 18.4 Å². The van der Waals surface area contributed by atoms with Crippen molar-refractivity contribution >= 4 is 23.1 Å². The predicted octanol–water partition coefficient (Wildman–Crippen LogP) is 4.23. The Hall–Kier alpha value is -3.46. The number of ether oxygens (including phenoxy) is 4. The summed E-state index contributed by atoms with van der Waals surface area (Å²) in [6.07, 6.45) is 0. The summed E-state index contributed by atoms with van der Waals surface area (Å²) in [5.41, 5.74) is 0.757. The molecule has 0 atom stereocenters. The van der Waals surface area contributed by atoms with Crippen LogP contribution in [0.1, 0.15) is 30.7 Å². The molecule has 162 valence electrons. The topological polar surface area (TPSA) is 84.0 Å². The molecule has 0 N–H and O–H groups in total. The van der Waals surface area contributed by atoms with Gasteiger partial charge in [0.25, 0.3) is 0 Å². The molecular formula is C22H20FNO6S. The second-order valence-electron chi connectivity index (χ2n) is 6.33. The molecule has 0 saturated carbocycles. The summed E-state index contributed by atoms with van der Waals surface area (Å²) in [5.74, 6) is -0.0592. The van der Waals surface area contributed by atoms with Crippen LogP contribution in [-0.2, 0) is 11.3 Å². The first-order valence-electron chi connectivity index (χ1n) is 9.18. The molecule has 0 aliphatic heterocycles. The molecule has 0 aliphatic carbocycles. The van der Waals surface area contributed by atoms with Gasteiger partial charge in [0, 0.05) is 6.07 Å². The molecule has 0 radical (unpaired) electrons. The quantitative estimate of drug-likeness (QED) is 0.360. The molecule has 0 amide bonds. The van der Waals surface area contributed by atoms with Crippen LogP contribution in [0.2, 0.25) is 0 Å². The zero-order chi connectivity index (χ0) is 22.4. The lowest BCUT2D eigenvalue weighted by Gasteiger charge is -2.09. The SMILES string of the molecule is COc1ccc(C(=O)COC(=O)c2sc(COc3ccc(F)cc3)nc2C)c(OC)c1. The van der Waals surface area contributed by atoms with Crippen LogP contribution in [0.5, 0.6) is 17.2 Å². The fourth-order valence-electron chi connectivity index (χ4n) is 2.68. The Kier molecular flexibility index (Phi) is 7.19. The first kappa shape index (κ1) is 22.2. The third-order valence-corrected chi connectivity index (χ3v) is 5.36. The smallest absolute Gasteiger partial charge is 0.350 e. The highest BCUT2D eigenvalue weighted by atomic mass is 32.1. The van der Waals surface area contributed by atoms with Crippen LogP contribution < -0.4 is 14.2 Å². The van der Waals surface area contributed by atoms with Crippen molar-refractivity contribution in [2.24, 2.45) is 0 Å². The van der Waals surface area contributed by atoms with E-state index in [2.05, 4.69) is 4.98 Å². The molecule has 0 aliphatic rings. The maximum absolute atomic E-state index is 13.0. The van der Waals surface area contributed by atoms with Gasteiger partial charge < -0.3 is 18.9 Å². The Morgan fingerprint density at radius 3 is 2.42 bits per heavy atom. The number of aromatic nitrogens is 1. The van der Waals surface area contributed by atoms with Crippen LogP contribution in [0.4, 0.5) is 4.39 Å². The highest BCUT2D eigenvalue weighted by Gasteiger charge is 2.20. The largest absolute Gasteiger partial charge is 0.497 e. The lowest BCUT2D eigenvalue weighted by molar-refractivity contribution is 0.0477. The number of halogens is 1. The standard InChI is InChI=1S/C22H20FNO6S/c1-13-21(31-20(24-13)12-29-15-6-4-14(23)5-7-15)22(26)30-11-18(25)17-9-8-16(27-2)10-19(17)28-3/h4-10H,11-12H2,1-3H3. The molecule has 3 aromatic rings. The molecule has 0 unspecified atom stereocenters. The zero-order valence-corrected chi connectivity index (χ0v) is 18.0.